The molecular formula is C43H64N8O6. The lowest BCUT2D eigenvalue weighted by Crippen LogP contribution is -2.55. The molecule has 312 valence electrons. The molecular weight excluding hydrogens is 725 g/mol. The number of hydrogen-bond donors (Lipinski definition) is 3. The lowest BCUT2D eigenvalue weighted by Gasteiger charge is -2.43. The average Bonchev–Trinajstić information content (AvgIpc) is 3.92. The van der Waals surface area contributed by atoms with Gasteiger partial charge in [0, 0.05) is 44.2 Å². The molecule has 14 nitrogen and oxygen atoms in total. The average molecular weight is 789 g/mol. The lowest BCUT2D eigenvalue weighted by atomic mass is 9.90. The number of carbonyl (C=O) groups excluding carboxylic acids is 4. The zero-order valence-corrected chi connectivity index (χ0v) is 34.9. The normalized spacial score (nSPS) is 20.7. The van der Waals surface area contributed by atoms with Gasteiger partial charge in [0.2, 0.25) is 17.8 Å². The Balaban J connectivity index is 0.983. The summed E-state index contributed by atoms with van der Waals surface area (Å²) in [6, 6.07) is 5.34. The number of hydrogen-bond acceptors (Lipinski definition) is 11. The zero-order chi connectivity index (χ0) is 40.7. The molecule has 2 aliphatic heterocycles. The number of likely N-dealkylation sites (tertiary alicyclic amines) is 1. The Bertz CT molecular complexity index is 1740. The smallest absolute Gasteiger partial charge is 0.331 e. The third kappa shape index (κ3) is 10.2. The van der Waals surface area contributed by atoms with Crippen molar-refractivity contribution in [1.29, 1.82) is 0 Å². The Morgan fingerprint density at radius 2 is 1.72 bits per heavy atom. The van der Waals surface area contributed by atoms with E-state index in [4.69, 9.17) is 14.5 Å². The summed E-state index contributed by atoms with van der Waals surface area (Å²) in [4.78, 5) is 68.6. The van der Waals surface area contributed by atoms with Gasteiger partial charge in [0.15, 0.2) is 5.82 Å². The van der Waals surface area contributed by atoms with Crippen LogP contribution in [0.4, 0.5) is 23.1 Å². The molecule has 3 fully saturated rings. The van der Waals surface area contributed by atoms with Crippen LogP contribution in [0, 0.1) is 5.92 Å². The number of aromatic nitrogens is 2. The van der Waals surface area contributed by atoms with Crippen LogP contribution in [0.2, 0.25) is 0 Å². The van der Waals surface area contributed by atoms with Gasteiger partial charge in [-0.2, -0.15) is 4.98 Å². The summed E-state index contributed by atoms with van der Waals surface area (Å²) in [5.41, 5.74) is 0.794. The molecule has 2 aromatic rings. The van der Waals surface area contributed by atoms with Crippen molar-refractivity contribution in [3.05, 3.63) is 30.0 Å². The van der Waals surface area contributed by atoms with Gasteiger partial charge in [-0.1, -0.05) is 33.6 Å². The minimum Gasteiger partial charge on any atom is -0.495 e. The molecule has 1 aromatic heterocycles. The predicted octanol–water partition coefficient (Wildman–Crippen LogP) is 6.11. The fourth-order valence-electron chi connectivity index (χ4n) is 9.19. The van der Waals surface area contributed by atoms with Crippen molar-refractivity contribution < 1.29 is 28.7 Å². The molecule has 0 radical (unpaired) electrons. The highest BCUT2D eigenvalue weighted by molar-refractivity contribution is 6.04. The maximum absolute atomic E-state index is 13.4. The highest BCUT2D eigenvalue weighted by Crippen LogP contribution is 2.40. The van der Waals surface area contributed by atoms with Crippen LogP contribution < -0.4 is 30.5 Å². The van der Waals surface area contributed by atoms with Crippen molar-refractivity contribution in [2.45, 2.75) is 147 Å². The van der Waals surface area contributed by atoms with Crippen molar-refractivity contribution in [2.75, 3.05) is 48.9 Å². The van der Waals surface area contributed by atoms with Crippen LogP contribution in [-0.2, 0) is 19.1 Å². The standard InChI is InChI=1S/C43H64N8O6/c1-7-34-40(54)49(5)35-27-44-42(47-38(35)51(34)31-13-8-9-14-31)46-33-19-18-29(25-36(33)56-6)39(53)45-30-20-23-50(24-21-30)22-12-17-37(52)48-43(4,26-28(2)3)41(55)57-32-15-10-11-16-32/h18-19,25,27-28,30-32,34H,7-17,20-24,26H2,1-6H3,(H,45,53)(H,48,52)(H,44,46,47)/t34-,43?/m1/s1. The number of carbonyl (C=O) groups is 4. The first-order chi connectivity index (χ1) is 27.4. The predicted molar refractivity (Wildman–Crippen MR) is 221 cm³/mol. The van der Waals surface area contributed by atoms with Crippen molar-refractivity contribution in [2.24, 2.45) is 5.92 Å². The third-order valence-electron chi connectivity index (χ3n) is 12.2. The summed E-state index contributed by atoms with van der Waals surface area (Å²) in [6.45, 7) is 10.3. The van der Waals surface area contributed by atoms with Gasteiger partial charge in [0.05, 0.1) is 19.0 Å². The highest BCUT2D eigenvalue weighted by atomic mass is 16.5. The number of esters is 1. The number of nitrogens with zero attached hydrogens (tertiary/aromatic N) is 5. The molecule has 1 saturated heterocycles. The van der Waals surface area contributed by atoms with E-state index < -0.39 is 5.54 Å². The quantitative estimate of drug-likeness (QED) is 0.169. The van der Waals surface area contributed by atoms with E-state index in [2.05, 4.69) is 30.7 Å². The number of rotatable bonds is 16. The van der Waals surface area contributed by atoms with Gasteiger partial charge in [-0.25, -0.2) is 9.78 Å². The number of methoxy groups -OCH3 is 1. The van der Waals surface area contributed by atoms with Crippen molar-refractivity contribution >= 4 is 46.8 Å². The van der Waals surface area contributed by atoms with Gasteiger partial charge in [0.25, 0.3) is 5.91 Å². The fraction of sp³-hybridized carbons (Fsp3) is 0.674. The second kappa shape index (κ2) is 18.9. The monoisotopic (exact) mass is 788 g/mol. The minimum atomic E-state index is -1.03. The van der Waals surface area contributed by atoms with E-state index in [1.165, 1.54) is 0 Å². The van der Waals surface area contributed by atoms with Gasteiger partial charge in [0.1, 0.15) is 29.1 Å². The van der Waals surface area contributed by atoms with E-state index in [9.17, 15) is 19.2 Å². The van der Waals surface area contributed by atoms with Crippen molar-refractivity contribution in [3.8, 4) is 5.75 Å². The molecule has 2 saturated carbocycles. The number of likely N-dealkylation sites (N-methyl/N-ethyl adjacent to an activating group) is 1. The molecule has 57 heavy (non-hydrogen) atoms. The molecule has 0 bridgehead atoms. The van der Waals surface area contributed by atoms with Crippen LogP contribution in [0.1, 0.15) is 128 Å². The fourth-order valence-corrected chi connectivity index (χ4v) is 9.19. The number of anilines is 4. The number of benzene rings is 1. The summed E-state index contributed by atoms with van der Waals surface area (Å²) in [5.74, 6) is 1.32. The Labute approximate surface area is 338 Å². The highest BCUT2D eigenvalue weighted by Gasteiger charge is 2.42. The largest absolute Gasteiger partial charge is 0.495 e. The zero-order valence-electron chi connectivity index (χ0n) is 34.9. The first kappa shape index (κ1) is 42.2. The molecule has 14 heteroatoms. The maximum atomic E-state index is 13.4. The lowest BCUT2D eigenvalue weighted by molar-refractivity contribution is -0.158. The van der Waals surface area contributed by atoms with E-state index in [0.29, 0.717) is 54.3 Å². The number of amides is 3. The molecule has 3 N–H and O–H groups in total. The van der Waals surface area contributed by atoms with E-state index in [1.807, 2.05) is 20.8 Å². The first-order valence-electron chi connectivity index (χ1n) is 21.3. The number of nitrogens with one attached hydrogen (secondary N) is 3. The summed E-state index contributed by atoms with van der Waals surface area (Å²) < 4.78 is 11.5. The number of ether oxygens (including phenoxy) is 2. The second-order valence-corrected chi connectivity index (χ2v) is 17.1. The van der Waals surface area contributed by atoms with Gasteiger partial charge >= 0.3 is 5.97 Å². The van der Waals surface area contributed by atoms with Crippen LogP contribution in [0.15, 0.2) is 24.4 Å². The van der Waals surface area contributed by atoms with E-state index in [0.717, 1.165) is 89.7 Å². The first-order valence-corrected chi connectivity index (χ1v) is 21.3. The van der Waals surface area contributed by atoms with Crippen molar-refractivity contribution in [1.82, 2.24) is 25.5 Å². The van der Waals surface area contributed by atoms with E-state index >= 15 is 0 Å². The maximum Gasteiger partial charge on any atom is 0.331 e. The summed E-state index contributed by atoms with van der Waals surface area (Å²) >= 11 is 0. The minimum absolute atomic E-state index is 0.0344. The Morgan fingerprint density at radius 1 is 1.02 bits per heavy atom. The molecule has 3 heterocycles. The summed E-state index contributed by atoms with van der Waals surface area (Å²) in [6.07, 6.45) is 13.8. The molecule has 6 rings (SSSR count). The Kier molecular flexibility index (Phi) is 14.0. The Morgan fingerprint density at radius 3 is 2.39 bits per heavy atom. The van der Waals surface area contributed by atoms with Gasteiger partial charge in [-0.15, -0.1) is 0 Å². The van der Waals surface area contributed by atoms with Crippen LogP contribution >= 0.6 is 0 Å². The second-order valence-electron chi connectivity index (χ2n) is 17.1. The molecule has 0 spiro atoms. The number of piperidine rings is 1. The van der Waals surface area contributed by atoms with Crippen molar-refractivity contribution in [3.63, 3.8) is 0 Å². The van der Waals surface area contributed by atoms with Crippen LogP contribution in [-0.4, -0.2) is 102 Å². The third-order valence-corrected chi connectivity index (χ3v) is 12.2. The van der Waals surface area contributed by atoms with Crippen LogP contribution in [0.3, 0.4) is 0 Å². The molecule has 1 aromatic carbocycles. The molecule has 2 aliphatic carbocycles. The van der Waals surface area contributed by atoms with Gasteiger partial charge in [-0.05, 0) is 108 Å². The van der Waals surface area contributed by atoms with Gasteiger partial charge < -0.3 is 40.1 Å². The van der Waals surface area contributed by atoms with Gasteiger partial charge in [-0.3, -0.25) is 14.4 Å². The van der Waals surface area contributed by atoms with E-state index in [1.54, 1.807) is 50.4 Å². The molecule has 4 aliphatic rings. The Hall–Kier alpha value is -4.46. The molecule has 1 unspecified atom stereocenters. The summed E-state index contributed by atoms with van der Waals surface area (Å²) in [7, 11) is 3.36. The van der Waals surface area contributed by atoms with Crippen LogP contribution in [0.5, 0.6) is 5.75 Å². The summed E-state index contributed by atoms with van der Waals surface area (Å²) in [5, 5.41) is 9.51. The number of fused-ring (bicyclic) bond motifs is 1. The molecule has 2 atom stereocenters. The van der Waals surface area contributed by atoms with Crippen LogP contribution in [0.25, 0.3) is 0 Å². The molecule has 3 amide bonds. The SMILES string of the molecule is CC[C@@H]1C(=O)N(C)c2cnc(Nc3ccc(C(=O)NC4CCN(CCCC(=O)NC(C)(CC(C)C)C(=O)OC5CCCC5)CC4)cc3OC)nc2N1C1CCCC1. The topological polar surface area (TPSA) is 158 Å². The van der Waals surface area contributed by atoms with E-state index in [-0.39, 0.29) is 53.8 Å².